The molecule has 0 saturated heterocycles. The van der Waals surface area contributed by atoms with Crippen LogP contribution in [0.5, 0.6) is 0 Å². The Labute approximate surface area is 66.6 Å². The van der Waals surface area contributed by atoms with Crippen LogP contribution in [-0.4, -0.2) is 20.9 Å². The van der Waals surface area contributed by atoms with Crippen molar-refractivity contribution in [3.63, 3.8) is 0 Å². The quantitative estimate of drug-likeness (QED) is 0.419. The van der Waals surface area contributed by atoms with Gasteiger partial charge in [0.25, 0.3) is 0 Å². The fraction of sp³-hybridized carbons (Fsp3) is 0.125. The fourth-order valence-electron chi connectivity index (χ4n) is 0.783. The van der Waals surface area contributed by atoms with Gasteiger partial charge >= 0.3 is 5.97 Å². The lowest BCUT2D eigenvalue weighted by atomic mass is 9.95. The predicted octanol–water partition coefficient (Wildman–Crippen LogP) is 0.267. The van der Waals surface area contributed by atoms with Crippen molar-refractivity contribution in [3.8, 4) is 0 Å². The van der Waals surface area contributed by atoms with Crippen molar-refractivity contribution in [2.75, 3.05) is 7.11 Å². The summed E-state index contributed by atoms with van der Waals surface area (Å²) < 4.78 is 4.50. The molecule has 0 aliphatic rings. The molecule has 1 aromatic rings. The summed E-state index contributed by atoms with van der Waals surface area (Å²) >= 11 is 0. The van der Waals surface area contributed by atoms with Crippen LogP contribution in [0.2, 0.25) is 0 Å². The maximum Gasteiger partial charge on any atom is 0.337 e. The second-order valence-corrected chi connectivity index (χ2v) is 2.12. The molecule has 2 radical (unpaired) electrons. The van der Waals surface area contributed by atoms with Gasteiger partial charge in [0.05, 0.1) is 12.7 Å². The van der Waals surface area contributed by atoms with E-state index in [1.54, 1.807) is 24.3 Å². The van der Waals surface area contributed by atoms with Crippen molar-refractivity contribution in [3.05, 3.63) is 29.8 Å². The minimum Gasteiger partial charge on any atom is -0.465 e. The smallest absolute Gasteiger partial charge is 0.337 e. The van der Waals surface area contributed by atoms with Crippen molar-refractivity contribution < 1.29 is 9.53 Å². The minimum absolute atomic E-state index is 0.364. The molecule has 0 aromatic heterocycles. The van der Waals surface area contributed by atoms with Crippen molar-refractivity contribution in [2.45, 2.75) is 0 Å². The molecule has 3 heteroatoms. The van der Waals surface area contributed by atoms with Crippen molar-refractivity contribution >= 4 is 19.3 Å². The SMILES string of the molecule is [B]c1cccc(C(=O)OC)c1. The molecule has 0 aliphatic heterocycles. The molecule has 1 aromatic carbocycles. The van der Waals surface area contributed by atoms with E-state index in [4.69, 9.17) is 7.85 Å². The van der Waals surface area contributed by atoms with Crippen molar-refractivity contribution in [1.29, 1.82) is 0 Å². The Hall–Kier alpha value is -1.25. The molecule has 0 N–H and O–H groups in total. The molecule has 0 atom stereocenters. The summed E-state index contributed by atoms with van der Waals surface area (Å²) in [5.41, 5.74) is 1.04. The van der Waals surface area contributed by atoms with Crippen LogP contribution < -0.4 is 5.46 Å². The first-order chi connectivity index (χ1) is 5.24. The first kappa shape index (κ1) is 7.86. The topological polar surface area (TPSA) is 26.3 Å². The van der Waals surface area contributed by atoms with E-state index in [9.17, 15) is 4.79 Å². The van der Waals surface area contributed by atoms with Crippen LogP contribution in [0.4, 0.5) is 0 Å². The molecule has 0 heterocycles. The number of rotatable bonds is 1. The monoisotopic (exact) mass is 146 g/mol. The third-order valence-corrected chi connectivity index (χ3v) is 1.31. The van der Waals surface area contributed by atoms with Gasteiger partial charge in [-0.25, -0.2) is 4.79 Å². The van der Waals surface area contributed by atoms with Gasteiger partial charge in [0, 0.05) is 0 Å². The van der Waals surface area contributed by atoms with Crippen LogP contribution in [-0.2, 0) is 4.74 Å². The maximum atomic E-state index is 10.9. The number of hydrogen-bond donors (Lipinski definition) is 0. The molecule has 0 aliphatic carbocycles. The third kappa shape index (κ3) is 1.83. The largest absolute Gasteiger partial charge is 0.465 e. The number of methoxy groups -OCH3 is 1. The summed E-state index contributed by atoms with van der Waals surface area (Å²) in [7, 11) is 6.78. The Bertz CT molecular complexity index is 271. The van der Waals surface area contributed by atoms with E-state index in [1.807, 2.05) is 0 Å². The lowest BCUT2D eigenvalue weighted by Crippen LogP contribution is -2.07. The van der Waals surface area contributed by atoms with Gasteiger partial charge in [-0.05, 0) is 6.07 Å². The second kappa shape index (κ2) is 3.24. The van der Waals surface area contributed by atoms with Gasteiger partial charge in [-0.2, -0.15) is 0 Å². The highest BCUT2D eigenvalue weighted by atomic mass is 16.5. The van der Waals surface area contributed by atoms with Gasteiger partial charge in [-0.3, -0.25) is 0 Å². The van der Waals surface area contributed by atoms with Crippen molar-refractivity contribution in [1.82, 2.24) is 0 Å². The van der Waals surface area contributed by atoms with E-state index in [0.717, 1.165) is 0 Å². The summed E-state index contributed by atoms with van der Waals surface area (Å²) in [4.78, 5) is 10.9. The molecular weight excluding hydrogens is 139 g/mol. The summed E-state index contributed by atoms with van der Waals surface area (Å²) in [6, 6.07) is 6.65. The molecule has 1 rings (SSSR count). The van der Waals surface area contributed by atoms with E-state index in [1.165, 1.54) is 7.11 Å². The highest BCUT2D eigenvalue weighted by molar-refractivity contribution is 6.32. The van der Waals surface area contributed by atoms with Crippen LogP contribution in [0, 0.1) is 0 Å². The van der Waals surface area contributed by atoms with Gasteiger partial charge in [-0.1, -0.05) is 23.7 Å². The van der Waals surface area contributed by atoms with Gasteiger partial charge in [0.2, 0.25) is 0 Å². The van der Waals surface area contributed by atoms with E-state index < -0.39 is 0 Å². The van der Waals surface area contributed by atoms with E-state index in [2.05, 4.69) is 4.74 Å². The van der Waals surface area contributed by atoms with Gasteiger partial charge < -0.3 is 4.74 Å². The molecule has 0 amide bonds. The average Bonchev–Trinajstić information content (AvgIpc) is 2.03. The summed E-state index contributed by atoms with van der Waals surface area (Å²) in [6.07, 6.45) is 0. The third-order valence-electron chi connectivity index (χ3n) is 1.31. The zero-order chi connectivity index (χ0) is 8.27. The van der Waals surface area contributed by atoms with Gasteiger partial charge in [0.15, 0.2) is 0 Å². The molecule has 2 nitrogen and oxygen atoms in total. The number of carbonyl (C=O) groups excluding carboxylic acids is 1. The second-order valence-electron chi connectivity index (χ2n) is 2.12. The highest BCUT2D eigenvalue weighted by Gasteiger charge is 2.02. The molecule has 0 saturated carbocycles. The molecule has 0 bridgehead atoms. The van der Waals surface area contributed by atoms with Crippen molar-refractivity contribution in [2.24, 2.45) is 0 Å². The molecular formula is C8H7BO2. The van der Waals surface area contributed by atoms with E-state index >= 15 is 0 Å². The lowest BCUT2D eigenvalue weighted by molar-refractivity contribution is 0.0601. The number of ether oxygens (including phenoxy) is 1. The Kier molecular flexibility index (Phi) is 2.31. The normalized spacial score (nSPS) is 9.18. The lowest BCUT2D eigenvalue weighted by Gasteiger charge is -1.98. The van der Waals surface area contributed by atoms with Gasteiger partial charge in [0.1, 0.15) is 7.85 Å². The van der Waals surface area contributed by atoms with Crippen LogP contribution in [0.15, 0.2) is 24.3 Å². The number of carbonyl (C=O) groups is 1. The average molecular weight is 146 g/mol. The highest BCUT2D eigenvalue weighted by Crippen LogP contribution is 1.97. The fourth-order valence-corrected chi connectivity index (χ4v) is 0.783. The van der Waals surface area contributed by atoms with Gasteiger partial charge in [-0.15, -0.1) is 0 Å². The minimum atomic E-state index is -0.364. The summed E-state index contributed by atoms with van der Waals surface area (Å²) in [5.74, 6) is -0.364. The molecule has 0 unspecified atom stereocenters. The van der Waals surface area contributed by atoms with Crippen LogP contribution in [0.3, 0.4) is 0 Å². The first-order valence-corrected chi connectivity index (χ1v) is 3.18. The Morgan fingerprint density at radius 3 is 2.82 bits per heavy atom. The van der Waals surface area contributed by atoms with Crippen LogP contribution >= 0.6 is 0 Å². The zero-order valence-electron chi connectivity index (χ0n) is 6.20. The Balaban J connectivity index is 2.96. The predicted molar refractivity (Wildman–Crippen MR) is 43.2 cm³/mol. The zero-order valence-corrected chi connectivity index (χ0v) is 6.20. The van der Waals surface area contributed by atoms with E-state index in [0.29, 0.717) is 11.0 Å². The first-order valence-electron chi connectivity index (χ1n) is 3.18. The molecule has 54 valence electrons. The van der Waals surface area contributed by atoms with Crippen LogP contribution in [0.25, 0.3) is 0 Å². The maximum absolute atomic E-state index is 10.9. The Morgan fingerprint density at radius 1 is 1.55 bits per heavy atom. The van der Waals surface area contributed by atoms with E-state index in [-0.39, 0.29) is 5.97 Å². The number of hydrogen-bond acceptors (Lipinski definition) is 2. The van der Waals surface area contributed by atoms with Crippen LogP contribution in [0.1, 0.15) is 10.4 Å². The molecule has 11 heavy (non-hydrogen) atoms. The number of benzene rings is 1. The molecule has 0 spiro atoms. The number of esters is 1. The summed E-state index contributed by atoms with van der Waals surface area (Å²) in [6.45, 7) is 0. The Morgan fingerprint density at radius 2 is 2.27 bits per heavy atom. The standard InChI is InChI=1S/C8H7BO2/c1-11-8(10)6-3-2-4-7(9)5-6/h2-5H,1H3. The summed E-state index contributed by atoms with van der Waals surface area (Å²) in [5, 5.41) is 0. The molecule has 0 fully saturated rings.